The minimum Gasteiger partial charge on any atom is -0.338 e. The number of carbonyl (C=O) groups is 1. The second-order valence-corrected chi connectivity index (χ2v) is 6.05. The van der Waals surface area contributed by atoms with Crippen molar-refractivity contribution in [2.24, 2.45) is 11.7 Å². The maximum Gasteiger partial charge on any atom is 0.240 e. The molecule has 112 valence electrons. The molecular formula is C15H22Cl2N2O. The first-order chi connectivity index (χ1) is 9.29. The molecule has 0 aliphatic rings. The summed E-state index contributed by atoms with van der Waals surface area (Å²) in [5.74, 6) is 0.0794. The second kappa shape index (κ2) is 7.30. The number of hydrogen-bond acceptors (Lipinski definition) is 2. The van der Waals surface area contributed by atoms with Crippen LogP contribution >= 0.6 is 23.2 Å². The van der Waals surface area contributed by atoms with Crippen molar-refractivity contribution in [1.29, 1.82) is 0 Å². The third-order valence-corrected chi connectivity index (χ3v) is 4.45. The molecule has 0 saturated carbocycles. The van der Waals surface area contributed by atoms with Crippen LogP contribution in [0.25, 0.3) is 0 Å². The molecule has 0 fully saturated rings. The van der Waals surface area contributed by atoms with Crippen LogP contribution in [-0.4, -0.2) is 23.9 Å². The number of carbonyl (C=O) groups excluding carboxylic acids is 1. The van der Waals surface area contributed by atoms with Crippen LogP contribution in [0.4, 0.5) is 0 Å². The van der Waals surface area contributed by atoms with E-state index in [1.165, 1.54) is 0 Å². The fourth-order valence-corrected chi connectivity index (χ4v) is 2.54. The highest BCUT2D eigenvalue weighted by molar-refractivity contribution is 6.35. The van der Waals surface area contributed by atoms with Crippen molar-refractivity contribution in [3.8, 4) is 0 Å². The van der Waals surface area contributed by atoms with Gasteiger partial charge in [-0.3, -0.25) is 4.79 Å². The third-order valence-electron chi connectivity index (χ3n) is 3.88. The van der Waals surface area contributed by atoms with Gasteiger partial charge in [-0.25, -0.2) is 0 Å². The molecule has 1 aromatic rings. The molecule has 3 nitrogen and oxygen atoms in total. The van der Waals surface area contributed by atoms with Crippen molar-refractivity contribution in [3.63, 3.8) is 0 Å². The number of amides is 1. The van der Waals surface area contributed by atoms with Gasteiger partial charge in [-0.15, -0.1) is 0 Å². The maximum absolute atomic E-state index is 12.4. The first kappa shape index (κ1) is 17.3. The number of hydrogen-bond donors (Lipinski definition) is 1. The maximum atomic E-state index is 12.4. The van der Waals surface area contributed by atoms with Gasteiger partial charge in [0.1, 0.15) is 0 Å². The summed E-state index contributed by atoms with van der Waals surface area (Å²) in [6, 6.07) is 4.66. The average molecular weight is 317 g/mol. The molecule has 2 N–H and O–H groups in total. The van der Waals surface area contributed by atoms with Gasteiger partial charge in [-0.05, 0) is 30.5 Å². The predicted octanol–water partition coefficient (Wildman–Crippen LogP) is 3.89. The van der Waals surface area contributed by atoms with Crippen LogP contribution in [0.15, 0.2) is 18.2 Å². The van der Waals surface area contributed by atoms with Crippen molar-refractivity contribution in [3.05, 3.63) is 33.8 Å². The van der Waals surface area contributed by atoms with E-state index in [2.05, 4.69) is 0 Å². The number of rotatable bonds is 5. The molecule has 0 radical (unpaired) electrons. The van der Waals surface area contributed by atoms with Gasteiger partial charge in [0.2, 0.25) is 5.91 Å². The monoisotopic (exact) mass is 316 g/mol. The highest BCUT2D eigenvalue weighted by Crippen LogP contribution is 2.29. The highest BCUT2D eigenvalue weighted by Gasteiger charge is 2.27. The van der Waals surface area contributed by atoms with Crippen LogP contribution in [0.5, 0.6) is 0 Å². The van der Waals surface area contributed by atoms with Crippen LogP contribution in [-0.2, 0) is 4.79 Å². The molecule has 0 heterocycles. The lowest BCUT2D eigenvalue weighted by Crippen LogP contribution is -2.46. The third kappa shape index (κ3) is 3.87. The largest absolute Gasteiger partial charge is 0.338 e. The lowest BCUT2D eigenvalue weighted by Gasteiger charge is -2.30. The molecule has 0 aromatic heterocycles. The molecule has 0 saturated heterocycles. The summed E-state index contributed by atoms with van der Waals surface area (Å²) >= 11 is 12.1. The lowest BCUT2D eigenvalue weighted by molar-refractivity contribution is -0.134. The van der Waals surface area contributed by atoms with E-state index in [1.54, 1.807) is 24.1 Å². The van der Waals surface area contributed by atoms with E-state index >= 15 is 0 Å². The second-order valence-electron chi connectivity index (χ2n) is 5.20. The molecule has 3 atom stereocenters. The molecule has 1 aromatic carbocycles. The SMILES string of the molecule is CCC(C)C(N)C(=O)N(C)C(C)c1ccc(Cl)cc1Cl. The van der Waals surface area contributed by atoms with Gasteiger partial charge >= 0.3 is 0 Å². The summed E-state index contributed by atoms with van der Waals surface area (Å²) in [6.07, 6.45) is 0.872. The molecule has 1 amide bonds. The van der Waals surface area contributed by atoms with Gasteiger partial charge in [0, 0.05) is 17.1 Å². The molecular weight excluding hydrogens is 295 g/mol. The number of halogens is 2. The van der Waals surface area contributed by atoms with Crippen LogP contribution < -0.4 is 5.73 Å². The number of benzene rings is 1. The summed E-state index contributed by atoms with van der Waals surface area (Å²) in [7, 11) is 1.75. The van der Waals surface area contributed by atoms with E-state index in [0.29, 0.717) is 10.0 Å². The average Bonchev–Trinajstić information content (AvgIpc) is 2.43. The van der Waals surface area contributed by atoms with Gasteiger partial charge in [-0.2, -0.15) is 0 Å². The van der Waals surface area contributed by atoms with Crippen LogP contribution in [0.2, 0.25) is 10.0 Å². The smallest absolute Gasteiger partial charge is 0.240 e. The summed E-state index contributed by atoms with van der Waals surface area (Å²) in [4.78, 5) is 14.0. The van der Waals surface area contributed by atoms with Crippen LogP contribution in [0.1, 0.15) is 38.8 Å². The van der Waals surface area contributed by atoms with Crippen molar-refractivity contribution >= 4 is 29.1 Å². The first-order valence-corrected chi connectivity index (χ1v) is 7.52. The Labute approximate surface area is 131 Å². The van der Waals surface area contributed by atoms with Gasteiger partial charge in [-0.1, -0.05) is 49.5 Å². The van der Waals surface area contributed by atoms with Crippen LogP contribution in [0, 0.1) is 5.92 Å². The molecule has 0 bridgehead atoms. The quantitative estimate of drug-likeness (QED) is 0.895. The van der Waals surface area contributed by atoms with Crippen molar-refractivity contribution in [1.82, 2.24) is 4.90 Å². The van der Waals surface area contributed by atoms with Gasteiger partial charge < -0.3 is 10.6 Å². The standard InChI is InChI=1S/C15H22Cl2N2O/c1-5-9(2)14(18)15(20)19(4)10(3)12-7-6-11(16)8-13(12)17/h6-10,14H,5,18H2,1-4H3. The fraction of sp³-hybridized carbons (Fsp3) is 0.533. The minimum absolute atomic E-state index is 0.0714. The Kier molecular flexibility index (Phi) is 6.31. The van der Waals surface area contributed by atoms with Gasteiger partial charge in [0.15, 0.2) is 0 Å². The Bertz CT molecular complexity index is 479. The van der Waals surface area contributed by atoms with E-state index in [1.807, 2.05) is 26.8 Å². The van der Waals surface area contributed by atoms with Crippen molar-refractivity contribution in [2.45, 2.75) is 39.3 Å². The van der Waals surface area contributed by atoms with E-state index in [4.69, 9.17) is 28.9 Å². The van der Waals surface area contributed by atoms with Crippen molar-refractivity contribution in [2.75, 3.05) is 7.05 Å². The fourth-order valence-electron chi connectivity index (χ4n) is 1.97. The number of nitrogens with zero attached hydrogens (tertiary/aromatic N) is 1. The van der Waals surface area contributed by atoms with E-state index in [9.17, 15) is 4.79 Å². The van der Waals surface area contributed by atoms with Gasteiger partial charge in [0.05, 0.1) is 12.1 Å². The van der Waals surface area contributed by atoms with Crippen molar-refractivity contribution < 1.29 is 4.79 Å². The Morgan fingerprint density at radius 3 is 2.45 bits per heavy atom. The Hall–Kier alpha value is -0.770. The zero-order valence-electron chi connectivity index (χ0n) is 12.4. The first-order valence-electron chi connectivity index (χ1n) is 6.76. The van der Waals surface area contributed by atoms with E-state index in [-0.39, 0.29) is 17.9 Å². The summed E-state index contributed by atoms with van der Waals surface area (Å²) in [5, 5.41) is 1.14. The Balaban J connectivity index is 2.90. The van der Waals surface area contributed by atoms with Crippen LogP contribution in [0.3, 0.4) is 0 Å². The predicted molar refractivity (Wildman–Crippen MR) is 85.1 cm³/mol. The van der Waals surface area contributed by atoms with E-state index < -0.39 is 6.04 Å². The Morgan fingerprint density at radius 2 is 1.95 bits per heavy atom. The minimum atomic E-state index is -0.487. The van der Waals surface area contributed by atoms with E-state index in [0.717, 1.165) is 12.0 Å². The molecule has 1 rings (SSSR count). The zero-order chi connectivity index (χ0) is 15.4. The zero-order valence-corrected chi connectivity index (χ0v) is 13.9. The van der Waals surface area contributed by atoms with Gasteiger partial charge in [0.25, 0.3) is 0 Å². The molecule has 20 heavy (non-hydrogen) atoms. The number of likely N-dealkylation sites (N-methyl/N-ethyl adjacent to an activating group) is 1. The molecule has 0 aliphatic heterocycles. The molecule has 5 heteroatoms. The molecule has 3 unspecified atom stereocenters. The summed E-state index contributed by atoms with van der Waals surface area (Å²) in [6.45, 7) is 5.93. The summed E-state index contributed by atoms with van der Waals surface area (Å²) < 4.78 is 0. The normalized spacial score (nSPS) is 15.6. The Morgan fingerprint density at radius 1 is 1.35 bits per heavy atom. The highest BCUT2D eigenvalue weighted by atomic mass is 35.5. The molecule has 0 aliphatic carbocycles. The number of nitrogens with two attached hydrogens (primary N) is 1. The topological polar surface area (TPSA) is 46.3 Å². The lowest BCUT2D eigenvalue weighted by atomic mass is 9.97. The molecule has 0 spiro atoms. The summed E-state index contributed by atoms with van der Waals surface area (Å²) in [5.41, 5.74) is 6.87.